The minimum Gasteiger partial charge on any atom is -0.489 e. The van der Waals surface area contributed by atoms with Gasteiger partial charge in [-0.25, -0.2) is 0 Å². The van der Waals surface area contributed by atoms with E-state index in [1.54, 1.807) is 6.08 Å². The van der Waals surface area contributed by atoms with Gasteiger partial charge in [0.05, 0.1) is 0 Å². The van der Waals surface area contributed by atoms with E-state index in [0.29, 0.717) is 6.61 Å². The minimum absolute atomic E-state index is 0.562. The van der Waals surface area contributed by atoms with Crippen LogP contribution in [0.1, 0.15) is 12.5 Å². The van der Waals surface area contributed by atoms with Crippen LogP contribution in [0.5, 0.6) is 5.75 Å². The molecule has 0 N–H and O–H groups in total. The second-order valence-electron chi connectivity index (χ2n) is 2.98. The maximum absolute atomic E-state index is 5.53. The van der Waals surface area contributed by atoms with E-state index in [-0.39, 0.29) is 0 Å². The van der Waals surface area contributed by atoms with E-state index in [1.807, 2.05) is 31.2 Å². The van der Waals surface area contributed by atoms with E-state index in [2.05, 4.69) is 18.7 Å². The van der Waals surface area contributed by atoms with Gasteiger partial charge in [0.2, 0.25) is 0 Å². The summed E-state index contributed by atoms with van der Waals surface area (Å²) in [6.45, 7) is 6.21. The Morgan fingerprint density at radius 3 is 2.86 bits per heavy atom. The van der Waals surface area contributed by atoms with Crippen LogP contribution in [0.25, 0.3) is 0 Å². The third kappa shape index (κ3) is 3.09. The van der Waals surface area contributed by atoms with E-state index < -0.39 is 0 Å². The molecule has 0 atom stereocenters. The summed E-state index contributed by atoms with van der Waals surface area (Å²) in [6.07, 6.45) is 6.84. The first-order chi connectivity index (χ1) is 6.88. The second-order valence-corrected chi connectivity index (χ2v) is 2.98. The number of rotatable bonds is 5. The minimum atomic E-state index is 0.562. The van der Waals surface area contributed by atoms with Gasteiger partial charge < -0.3 is 4.74 Å². The van der Waals surface area contributed by atoms with Crippen molar-refractivity contribution in [2.24, 2.45) is 0 Å². The summed E-state index contributed by atoms with van der Waals surface area (Å²) >= 11 is 0. The number of hydrogen-bond donors (Lipinski definition) is 0. The van der Waals surface area contributed by atoms with Gasteiger partial charge in [0.1, 0.15) is 12.4 Å². The predicted molar refractivity (Wildman–Crippen MR) is 60.7 cm³/mol. The third-order valence-corrected chi connectivity index (χ3v) is 1.90. The van der Waals surface area contributed by atoms with Crippen molar-refractivity contribution in [2.75, 3.05) is 6.61 Å². The lowest BCUT2D eigenvalue weighted by Gasteiger charge is -2.07. The molecule has 0 unspecified atom stereocenters. The maximum atomic E-state index is 5.53. The van der Waals surface area contributed by atoms with Crippen molar-refractivity contribution in [2.45, 2.75) is 13.3 Å². The smallest absolute Gasteiger partial charge is 0.123 e. The first kappa shape index (κ1) is 10.6. The van der Waals surface area contributed by atoms with Crippen LogP contribution in [-0.4, -0.2) is 6.61 Å². The predicted octanol–water partition coefficient (Wildman–Crippen LogP) is 3.37. The molecule has 0 amide bonds. The van der Waals surface area contributed by atoms with E-state index in [4.69, 9.17) is 4.74 Å². The lowest BCUT2D eigenvalue weighted by atomic mass is 10.1. The molecule has 1 rings (SSSR count). The molecule has 0 radical (unpaired) electrons. The molecule has 0 aliphatic heterocycles. The molecule has 0 aliphatic rings. The largest absolute Gasteiger partial charge is 0.489 e. The first-order valence-electron chi connectivity index (χ1n) is 4.81. The molecule has 1 aromatic rings. The number of benzene rings is 1. The Bertz CT molecular complexity index is 313. The Labute approximate surface area is 85.7 Å². The molecule has 0 heterocycles. The van der Waals surface area contributed by atoms with Crippen molar-refractivity contribution in [3.8, 4) is 5.75 Å². The van der Waals surface area contributed by atoms with Gasteiger partial charge in [-0.2, -0.15) is 0 Å². The monoisotopic (exact) mass is 188 g/mol. The highest BCUT2D eigenvalue weighted by Gasteiger charge is 1.99. The third-order valence-electron chi connectivity index (χ3n) is 1.90. The van der Waals surface area contributed by atoms with Crippen molar-refractivity contribution in [3.63, 3.8) is 0 Å². The molecule has 1 heteroatoms. The zero-order valence-electron chi connectivity index (χ0n) is 8.57. The molecule has 1 aromatic carbocycles. The Balaban J connectivity index is 2.74. The molecule has 0 aromatic heterocycles. The Morgan fingerprint density at radius 2 is 2.14 bits per heavy atom. The Morgan fingerprint density at radius 1 is 1.36 bits per heavy atom. The molecule has 0 bridgehead atoms. The number of allylic oxidation sites excluding steroid dienone is 2. The SMILES string of the molecule is C=CCOc1ccccc1C/C=C\C. The molecule has 0 spiro atoms. The fraction of sp³-hybridized carbons (Fsp3) is 0.231. The molecule has 0 saturated heterocycles. The average Bonchev–Trinajstić information content (AvgIpc) is 2.24. The summed E-state index contributed by atoms with van der Waals surface area (Å²) in [5.74, 6) is 0.950. The average molecular weight is 188 g/mol. The van der Waals surface area contributed by atoms with E-state index in [1.165, 1.54) is 5.56 Å². The maximum Gasteiger partial charge on any atom is 0.123 e. The number of para-hydroxylation sites is 1. The van der Waals surface area contributed by atoms with Crippen LogP contribution >= 0.6 is 0 Å². The summed E-state index contributed by atoms with van der Waals surface area (Å²) in [5, 5.41) is 0. The van der Waals surface area contributed by atoms with Crippen molar-refractivity contribution in [1.29, 1.82) is 0 Å². The fourth-order valence-corrected chi connectivity index (χ4v) is 1.21. The lowest BCUT2D eigenvalue weighted by molar-refractivity contribution is 0.360. The molecule has 0 aliphatic carbocycles. The second kappa shape index (κ2) is 6.03. The van der Waals surface area contributed by atoms with E-state index >= 15 is 0 Å². The van der Waals surface area contributed by atoms with Crippen LogP contribution < -0.4 is 4.74 Å². The molecular weight excluding hydrogens is 172 g/mol. The Kier molecular flexibility index (Phi) is 4.56. The molecule has 14 heavy (non-hydrogen) atoms. The topological polar surface area (TPSA) is 9.23 Å². The highest BCUT2D eigenvalue weighted by atomic mass is 16.5. The zero-order chi connectivity index (χ0) is 10.2. The molecule has 74 valence electrons. The van der Waals surface area contributed by atoms with Gasteiger partial charge in [-0.3, -0.25) is 0 Å². The molecular formula is C13H16O. The van der Waals surface area contributed by atoms with E-state index in [9.17, 15) is 0 Å². The number of ether oxygens (including phenoxy) is 1. The zero-order valence-corrected chi connectivity index (χ0v) is 8.57. The molecule has 0 saturated carbocycles. The van der Waals surface area contributed by atoms with Crippen LogP contribution in [-0.2, 0) is 6.42 Å². The summed E-state index contributed by atoms with van der Waals surface area (Å²) < 4.78 is 5.53. The van der Waals surface area contributed by atoms with Crippen molar-refractivity contribution < 1.29 is 4.74 Å². The van der Waals surface area contributed by atoms with Gasteiger partial charge in [-0.1, -0.05) is 43.0 Å². The van der Waals surface area contributed by atoms with E-state index in [0.717, 1.165) is 12.2 Å². The van der Waals surface area contributed by atoms with Gasteiger partial charge in [0.25, 0.3) is 0 Å². The van der Waals surface area contributed by atoms with Crippen LogP contribution in [0.4, 0.5) is 0 Å². The fourth-order valence-electron chi connectivity index (χ4n) is 1.21. The van der Waals surface area contributed by atoms with Gasteiger partial charge in [0.15, 0.2) is 0 Å². The quantitative estimate of drug-likeness (QED) is 0.644. The van der Waals surface area contributed by atoms with Gasteiger partial charge >= 0.3 is 0 Å². The van der Waals surface area contributed by atoms with Crippen LogP contribution in [0.2, 0.25) is 0 Å². The van der Waals surface area contributed by atoms with Crippen LogP contribution in [0, 0.1) is 0 Å². The van der Waals surface area contributed by atoms with Crippen LogP contribution in [0.3, 0.4) is 0 Å². The summed E-state index contributed by atoms with van der Waals surface area (Å²) in [6, 6.07) is 8.08. The lowest BCUT2D eigenvalue weighted by Crippen LogP contribution is -1.96. The van der Waals surface area contributed by atoms with Gasteiger partial charge in [-0.15, -0.1) is 0 Å². The summed E-state index contributed by atoms with van der Waals surface area (Å²) in [4.78, 5) is 0. The highest BCUT2D eigenvalue weighted by molar-refractivity contribution is 5.34. The van der Waals surface area contributed by atoms with Crippen molar-refractivity contribution in [3.05, 3.63) is 54.6 Å². The van der Waals surface area contributed by atoms with Gasteiger partial charge in [-0.05, 0) is 25.0 Å². The molecule has 1 nitrogen and oxygen atoms in total. The highest BCUT2D eigenvalue weighted by Crippen LogP contribution is 2.18. The Hall–Kier alpha value is -1.50. The summed E-state index contributed by atoms with van der Waals surface area (Å²) in [5.41, 5.74) is 1.22. The van der Waals surface area contributed by atoms with Gasteiger partial charge in [0, 0.05) is 0 Å². The standard InChI is InChI=1S/C13H16O/c1-3-5-8-12-9-6-7-10-13(12)14-11-4-2/h3-7,9-10H,2,8,11H2,1H3/b5-3-. The summed E-state index contributed by atoms with van der Waals surface area (Å²) in [7, 11) is 0. The normalized spacial score (nSPS) is 10.4. The van der Waals surface area contributed by atoms with Crippen LogP contribution in [0.15, 0.2) is 49.1 Å². The van der Waals surface area contributed by atoms with Crippen molar-refractivity contribution >= 4 is 0 Å². The number of hydrogen-bond acceptors (Lipinski definition) is 1. The van der Waals surface area contributed by atoms with Crippen molar-refractivity contribution in [1.82, 2.24) is 0 Å². The molecule has 0 fully saturated rings. The first-order valence-corrected chi connectivity index (χ1v) is 4.81.